The quantitative estimate of drug-likeness (QED) is 0.473. The van der Waals surface area contributed by atoms with Gasteiger partial charge < -0.3 is 15.4 Å². The molecule has 2 aliphatic rings. The monoisotopic (exact) mass is 524 g/mol. The van der Waals surface area contributed by atoms with Crippen molar-refractivity contribution in [2.45, 2.75) is 44.3 Å². The van der Waals surface area contributed by atoms with Crippen molar-refractivity contribution in [3.8, 4) is 0 Å². The zero-order chi connectivity index (χ0) is 27.4. The van der Waals surface area contributed by atoms with E-state index in [9.17, 15) is 14.4 Å². The van der Waals surface area contributed by atoms with Crippen molar-refractivity contribution >= 4 is 23.7 Å². The van der Waals surface area contributed by atoms with E-state index in [1.54, 1.807) is 30.0 Å². The third kappa shape index (κ3) is 4.90. The Hall–Kier alpha value is -4.46. The van der Waals surface area contributed by atoms with Gasteiger partial charge in [-0.2, -0.15) is 0 Å². The number of likely N-dealkylation sites (tertiary alicyclic amines) is 1. The molecule has 8 heteroatoms. The molecular formula is C31H32N4O4. The standard InChI is InChI=1S/C31H32N4O4/c1-2-39-28(37)26-18-9-10-19-34(26)27(36)23-13-11-12-22(20-23)21-35-29(38)31(33-30(35)32,24-14-5-3-6-15-24)25-16-7-4-8-17-25/h3-8,11-17,20,26H,2,9-10,18-19,21H2,1H3,(H2,32,33). The number of piperidine rings is 1. The second kappa shape index (κ2) is 11.1. The Kier molecular flexibility index (Phi) is 7.45. The molecular weight excluding hydrogens is 492 g/mol. The fourth-order valence-corrected chi connectivity index (χ4v) is 5.44. The van der Waals surface area contributed by atoms with Crippen molar-refractivity contribution in [3.05, 3.63) is 107 Å². The molecule has 8 nitrogen and oxygen atoms in total. The third-order valence-corrected chi connectivity index (χ3v) is 7.33. The summed E-state index contributed by atoms with van der Waals surface area (Å²) in [6.07, 6.45) is 2.28. The van der Waals surface area contributed by atoms with Crippen molar-refractivity contribution in [2.24, 2.45) is 10.7 Å². The van der Waals surface area contributed by atoms with Crippen molar-refractivity contribution in [1.29, 1.82) is 0 Å². The van der Waals surface area contributed by atoms with Crippen LogP contribution in [0.3, 0.4) is 0 Å². The van der Waals surface area contributed by atoms with Gasteiger partial charge in [0.15, 0.2) is 11.5 Å². The topological polar surface area (TPSA) is 105 Å². The number of guanidine groups is 1. The summed E-state index contributed by atoms with van der Waals surface area (Å²) in [6, 6.07) is 25.3. The van der Waals surface area contributed by atoms with Gasteiger partial charge in [0.25, 0.3) is 11.8 Å². The van der Waals surface area contributed by atoms with E-state index in [2.05, 4.69) is 0 Å². The van der Waals surface area contributed by atoms with E-state index in [0.29, 0.717) is 18.5 Å². The van der Waals surface area contributed by atoms with Crippen molar-refractivity contribution in [3.63, 3.8) is 0 Å². The predicted molar refractivity (Wildman–Crippen MR) is 148 cm³/mol. The average Bonchev–Trinajstić information content (AvgIpc) is 3.23. The normalized spacial score (nSPS) is 18.5. The Balaban J connectivity index is 1.42. The number of carbonyl (C=O) groups excluding carboxylic acids is 3. The molecule has 5 rings (SSSR count). The first-order valence-corrected chi connectivity index (χ1v) is 13.3. The maximum absolute atomic E-state index is 14.1. The summed E-state index contributed by atoms with van der Waals surface area (Å²) in [5.74, 6) is -0.742. The summed E-state index contributed by atoms with van der Waals surface area (Å²) in [7, 11) is 0. The van der Waals surface area contributed by atoms with Gasteiger partial charge in [-0.15, -0.1) is 0 Å². The van der Waals surface area contributed by atoms with Gasteiger partial charge in [-0.3, -0.25) is 14.5 Å². The molecule has 2 aliphatic heterocycles. The van der Waals surface area contributed by atoms with E-state index in [4.69, 9.17) is 15.5 Å². The summed E-state index contributed by atoms with van der Waals surface area (Å²) in [5, 5.41) is 0. The van der Waals surface area contributed by atoms with Crippen LogP contribution in [-0.4, -0.2) is 52.7 Å². The number of nitrogens with zero attached hydrogens (tertiary/aromatic N) is 3. The number of carbonyl (C=O) groups is 3. The van der Waals surface area contributed by atoms with Gasteiger partial charge >= 0.3 is 5.97 Å². The number of esters is 1. The van der Waals surface area contributed by atoms with Crippen LogP contribution in [0.15, 0.2) is 89.9 Å². The summed E-state index contributed by atoms with van der Waals surface area (Å²) < 4.78 is 5.22. The Morgan fingerprint density at radius 2 is 1.64 bits per heavy atom. The van der Waals surface area contributed by atoms with E-state index in [-0.39, 0.29) is 36.9 Å². The second-order valence-corrected chi connectivity index (χ2v) is 9.77. The van der Waals surface area contributed by atoms with Crippen LogP contribution in [0, 0.1) is 0 Å². The van der Waals surface area contributed by atoms with Gasteiger partial charge in [-0.05, 0) is 55.0 Å². The molecule has 1 saturated heterocycles. The molecule has 0 aromatic heterocycles. The van der Waals surface area contributed by atoms with Crippen LogP contribution in [-0.2, 0) is 26.4 Å². The first-order valence-electron chi connectivity index (χ1n) is 13.3. The van der Waals surface area contributed by atoms with Crippen LogP contribution in [0.25, 0.3) is 0 Å². The van der Waals surface area contributed by atoms with Crippen LogP contribution in [0.5, 0.6) is 0 Å². The molecule has 0 aliphatic carbocycles. The fraction of sp³-hybridized carbons (Fsp3) is 0.290. The molecule has 39 heavy (non-hydrogen) atoms. The van der Waals surface area contributed by atoms with E-state index >= 15 is 0 Å². The minimum atomic E-state index is -1.29. The molecule has 2 amide bonds. The van der Waals surface area contributed by atoms with Gasteiger partial charge in [0.1, 0.15) is 6.04 Å². The molecule has 2 heterocycles. The lowest BCUT2D eigenvalue weighted by Crippen LogP contribution is -2.48. The number of amides is 2. The Labute approximate surface area is 228 Å². The molecule has 0 spiro atoms. The van der Waals surface area contributed by atoms with Crippen LogP contribution in [0.4, 0.5) is 0 Å². The first kappa shape index (κ1) is 26.2. The molecule has 1 atom stereocenters. The average molecular weight is 525 g/mol. The number of benzene rings is 3. The lowest BCUT2D eigenvalue weighted by molar-refractivity contribution is -0.149. The highest BCUT2D eigenvalue weighted by molar-refractivity contribution is 6.09. The second-order valence-electron chi connectivity index (χ2n) is 9.77. The Morgan fingerprint density at radius 3 is 2.28 bits per heavy atom. The van der Waals surface area contributed by atoms with E-state index < -0.39 is 11.6 Å². The fourth-order valence-electron chi connectivity index (χ4n) is 5.44. The van der Waals surface area contributed by atoms with Crippen molar-refractivity contribution in [2.75, 3.05) is 13.2 Å². The molecule has 200 valence electrons. The highest BCUT2D eigenvalue weighted by Crippen LogP contribution is 2.40. The SMILES string of the molecule is CCOC(=O)C1CCCCN1C(=O)c1cccc(CN2C(=O)C(c3ccccc3)(c3ccccc3)N=C2N)c1. The van der Waals surface area contributed by atoms with E-state index in [1.807, 2.05) is 66.7 Å². The van der Waals surface area contributed by atoms with Gasteiger partial charge in [0.2, 0.25) is 0 Å². The zero-order valence-corrected chi connectivity index (χ0v) is 22.0. The minimum Gasteiger partial charge on any atom is -0.464 e. The third-order valence-electron chi connectivity index (χ3n) is 7.33. The Bertz CT molecular complexity index is 1350. The lowest BCUT2D eigenvalue weighted by Gasteiger charge is -2.34. The van der Waals surface area contributed by atoms with E-state index in [1.165, 1.54) is 4.90 Å². The number of rotatable bonds is 7. The highest BCUT2D eigenvalue weighted by Gasteiger charge is 2.50. The molecule has 1 fully saturated rings. The van der Waals surface area contributed by atoms with Gasteiger partial charge in [0.05, 0.1) is 13.2 Å². The van der Waals surface area contributed by atoms with Crippen LogP contribution in [0.1, 0.15) is 53.2 Å². The molecule has 0 radical (unpaired) electrons. The Morgan fingerprint density at radius 1 is 0.974 bits per heavy atom. The summed E-state index contributed by atoms with van der Waals surface area (Å²) in [5.41, 5.74) is 7.73. The molecule has 0 saturated carbocycles. The molecule has 2 N–H and O–H groups in total. The molecule has 3 aromatic rings. The summed E-state index contributed by atoms with van der Waals surface area (Å²) in [6.45, 7) is 2.67. The van der Waals surface area contributed by atoms with Gasteiger partial charge in [-0.25, -0.2) is 9.79 Å². The smallest absolute Gasteiger partial charge is 0.328 e. The van der Waals surface area contributed by atoms with Gasteiger partial charge in [0, 0.05) is 12.1 Å². The maximum atomic E-state index is 14.1. The number of hydrogen-bond acceptors (Lipinski definition) is 6. The lowest BCUT2D eigenvalue weighted by atomic mass is 9.83. The van der Waals surface area contributed by atoms with Gasteiger partial charge in [-0.1, -0.05) is 72.8 Å². The number of aliphatic imine (C=N–C) groups is 1. The number of hydrogen-bond donors (Lipinski definition) is 1. The zero-order valence-electron chi connectivity index (χ0n) is 22.0. The van der Waals surface area contributed by atoms with Crippen molar-refractivity contribution in [1.82, 2.24) is 9.80 Å². The van der Waals surface area contributed by atoms with Crippen LogP contribution in [0.2, 0.25) is 0 Å². The summed E-state index contributed by atoms with van der Waals surface area (Å²) in [4.78, 5) is 47.9. The number of ether oxygens (including phenoxy) is 1. The van der Waals surface area contributed by atoms with E-state index in [0.717, 1.165) is 29.5 Å². The largest absolute Gasteiger partial charge is 0.464 e. The molecule has 3 aromatic carbocycles. The molecule has 0 bridgehead atoms. The first-order chi connectivity index (χ1) is 19.0. The van der Waals surface area contributed by atoms with Crippen LogP contribution < -0.4 is 5.73 Å². The maximum Gasteiger partial charge on any atom is 0.328 e. The summed E-state index contributed by atoms with van der Waals surface area (Å²) >= 11 is 0. The predicted octanol–water partition coefficient (Wildman–Crippen LogP) is 3.85. The number of nitrogens with two attached hydrogens (primary N) is 1. The highest BCUT2D eigenvalue weighted by atomic mass is 16.5. The van der Waals surface area contributed by atoms with Crippen molar-refractivity contribution < 1.29 is 19.1 Å². The minimum absolute atomic E-state index is 0.114. The molecule has 1 unspecified atom stereocenters. The van der Waals surface area contributed by atoms with Crippen LogP contribution >= 0.6 is 0 Å².